The van der Waals surface area contributed by atoms with E-state index in [0.29, 0.717) is 25.3 Å². The molecule has 3 heterocycles. The van der Waals surface area contributed by atoms with Gasteiger partial charge in [-0.25, -0.2) is 19.9 Å². The summed E-state index contributed by atoms with van der Waals surface area (Å²) in [6, 6.07) is 7.85. The number of benzene rings is 1. The summed E-state index contributed by atoms with van der Waals surface area (Å²) in [5, 5.41) is 0. The molecule has 0 aliphatic carbocycles. The number of para-hydroxylation sites is 1. The van der Waals surface area contributed by atoms with E-state index in [4.69, 9.17) is 9.72 Å². The third-order valence-electron chi connectivity index (χ3n) is 5.81. The molecule has 8 heteroatoms. The highest BCUT2D eigenvalue weighted by Gasteiger charge is 2.30. The van der Waals surface area contributed by atoms with E-state index in [1.165, 1.54) is 6.33 Å². The van der Waals surface area contributed by atoms with Gasteiger partial charge in [-0.05, 0) is 24.5 Å². The molecule has 0 spiro atoms. The maximum atomic E-state index is 12.9. The molecular weight excluding hydrogens is 404 g/mol. The Hall–Kier alpha value is -3.55. The first kappa shape index (κ1) is 21.7. The van der Waals surface area contributed by atoms with Crippen LogP contribution >= 0.6 is 0 Å². The molecular formula is C24H28N6O2. The van der Waals surface area contributed by atoms with Gasteiger partial charge in [0.05, 0.1) is 12.8 Å². The van der Waals surface area contributed by atoms with Gasteiger partial charge in [-0.1, -0.05) is 18.2 Å². The molecule has 0 saturated carbocycles. The third kappa shape index (κ3) is 4.69. The van der Waals surface area contributed by atoms with Gasteiger partial charge in [0.1, 0.15) is 12.1 Å². The standard InChI is InChI=1S/C24H28N6O2/c1-29(2)24-27-14-20(19-12-25-16-26-13-19)23(28-24)18-10-11-30(15-18)22(31)9-8-17-6-4-5-7-21(17)32-3/h4-7,12-14,16,18H,8-11,15H2,1-3H3/t18-/m0/s1. The van der Waals surface area contributed by atoms with Crippen molar-refractivity contribution in [3.63, 3.8) is 0 Å². The van der Waals surface area contributed by atoms with E-state index >= 15 is 0 Å². The number of ether oxygens (including phenoxy) is 1. The van der Waals surface area contributed by atoms with Gasteiger partial charge in [-0.2, -0.15) is 0 Å². The lowest BCUT2D eigenvalue weighted by atomic mass is 9.97. The number of likely N-dealkylation sites (tertiary alicyclic amines) is 1. The largest absolute Gasteiger partial charge is 0.496 e. The quantitative estimate of drug-likeness (QED) is 0.567. The van der Waals surface area contributed by atoms with Crippen molar-refractivity contribution in [2.75, 3.05) is 39.2 Å². The second-order valence-electron chi connectivity index (χ2n) is 8.13. The SMILES string of the molecule is COc1ccccc1CCC(=O)N1CC[C@H](c2nc(N(C)C)ncc2-c2cncnc2)C1. The maximum Gasteiger partial charge on any atom is 0.225 e. The molecule has 1 amide bonds. The van der Waals surface area contributed by atoms with Crippen LogP contribution in [-0.2, 0) is 11.2 Å². The minimum Gasteiger partial charge on any atom is -0.496 e. The lowest BCUT2D eigenvalue weighted by molar-refractivity contribution is -0.130. The van der Waals surface area contributed by atoms with Gasteiger partial charge in [0.15, 0.2) is 0 Å². The van der Waals surface area contributed by atoms with Crippen LogP contribution in [0.4, 0.5) is 5.95 Å². The molecule has 1 aliphatic heterocycles. The Kier molecular flexibility index (Phi) is 6.58. The molecule has 8 nitrogen and oxygen atoms in total. The van der Waals surface area contributed by atoms with Gasteiger partial charge in [0, 0.05) is 69.2 Å². The van der Waals surface area contributed by atoms with Gasteiger partial charge in [-0.15, -0.1) is 0 Å². The molecule has 1 saturated heterocycles. The number of carbonyl (C=O) groups excluding carboxylic acids is 1. The highest BCUT2D eigenvalue weighted by molar-refractivity contribution is 5.77. The smallest absolute Gasteiger partial charge is 0.225 e. The predicted octanol–water partition coefficient (Wildman–Crippen LogP) is 2.96. The number of aromatic nitrogens is 4. The maximum absolute atomic E-state index is 12.9. The average Bonchev–Trinajstić information content (AvgIpc) is 3.33. The van der Waals surface area contributed by atoms with Crippen molar-refractivity contribution >= 4 is 11.9 Å². The topological polar surface area (TPSA) is 84.3 Å². The zero-order chi connectivity index (χ0) is 22.5. The Bertz CT molecular complexity index is 1070. The molecule has 2 aromatic heterocycles. The van der Waals surface area contributed by atoms with Crippen molar-refractivity contribution in [1.82, 2.24) is 24.8 Å². The third-order valence-corrected chi connectivity index (χ3v) is 5.81. The van der Waals surface area contributed by atoms with Crippen molar-refractivity contribution in [1.29, 1.82) is 0 Å². The summed E-state index contributed by atoms with van der Waals surface area (Å²) in [5.74, 6) is 1.78. The van der Waals surface area contributed by atoms with E-state index in [1.54, 1.807) is 19.5 Å². The Labute approximate surface area is 188 Å². The van der Waals surface area contributed by atoms with Gasteiger partial charge in [-0.3, -0.25) is 4.79 Å². The predicted molar refractivity (Wildman–Crippen MR) is 123 cm³/mol. The lowest BCUT2D eigenvalue weighted by Crippen LogP contribution is -2.29. The number of hydrogen-bond acceptors (Lipinski definition) is 7. The normalized spacial score (nSPS) is 15.6. The summed E-state index contributed by atoms with van der Waals surface area (Å²) >= 11 is 0. The number of nitrogens with zero attached hydrogens (tertiary/aromatic N) is 6. The van der Waals surface area contributed by atoms with Gasteiger partial charge in [0.2, 0.25) is 11.9 Å². The first-order chi connectivity index (χ1) is 15.6. The highest BCUT2D eigenvalue weighted by atomic mass is 16.5. The minimum atomic E-state index is 0.141. The zero-order valence-corrected chi connectivity index (χ0v) is 18.7. The van der Waals surface area contributed by atoms with Crippen LogP contribution in [-0.4, -0.2) is 65.0 Å². The summed E-state index contributed by atoms with van der Waals surface area (Å²) in [4.78, 5) is 34.4. The van der Waals surface area contributed by atoms with Crippen LogP contribution in [0.1, 0.15) is 30.0 Å². The first-order valence-corrected chi connectivity index (χ1v) is 10.8. The van der Waals surface area contributed by atoms with Gasteiger partial charge in [0.25, 0.3) is 0 Å². The summed E-state index contributed by atoms with van der Waals surface area (Å²) < 4.78 is 5.41. The molecule has 0 unspecified atom stereocenters. The Morgan fingerprint density at radius 3 is 2.72 bits per heavy atom. The molecule has 1 fully saturated rings. The second kappa shape index (κ2) is 9.72. The highest BCUT2D eigenvalue weighted by Crippen LogP contribution is 2.34. The molecule has 4 rings (SSSR count). The lowest BCUT2D eigenvalue weighted by Gasteiger charge is -2.19. The fraction of sp³-hybridized carbons (Fsp3) is 0.375. The second-order valence-corrected chi connectivity index (χ2v) is 8.13. The van der Waals surface area contributed by atoms with E-state index in [0.717, 1.165) is 41.1 Å². The molecule has 1 aliphatic rings. The van der Waals surface area contributed by atoms with E-state index in [1.807, 2.05) is 54.4 Å². The van der Waals surface area contributed by atoms with E-state index in [9.17, 15) is 4.79 Å². The average molecular weight is 433 g/mol. The number of carbonyl (C=O) groups is 1. The van der Waals surface area contributed by atoms with Gasteiger partial charge < -0.3 is 14.5 Å². The molecule has 0 bridgehead atoms. The Morgan fingerprint density at radius 2 is 1.97 bits per heavy atom. The molecule has 1 atom stereocenters. The van der Waals surface area contributed by atoms with Crippen LogP contribution in [0, 0.1) is 0 Å². The van der Waals surface area contributed by atoms with E-state index in [-0.39, 0.29) is 11.8 Å². The van der Waals surface area contributed by atoms with Crippen LogP contribution in [0.5, 0.6) is 5.75 Å². The van der Waals surface area contributed by atoms with Crippen LogP contribution in [0.2, 0.25) is 0 Å². The van der Waals surface area contributed by atoms with Crippen LogP contribution in [0.15, 0.2) is 49.2 Å². The van der Waals surface area contributed by atoms with Crippen molar-refractivity contribution in [3.05, 3.63) is 60.4 Å². The van der Waals surface area contributed by atoms with Crippen molar-refractivity contribution in [2.24, 2.45) is 0 Å². The van der Waals surface area contributed by atoms with Crippen LogP contribution in [0.3, 0.4) is 0 Å². The number of hydrogen-bond donors (Lipinski definition) is 0. The van der Waals surface area contributed by atoms with Gasteiger partial charge >= 0.3 is 0 Å². The Balaban J connectivity index is 1.50. The summed E-state index contributed by atoms with van der Waals surface area (Å²) in [6.07, 6.45) is 8.88. The van der Waals surface area contributed by atoms with Crippen molar-refractivity contribution in [3.8, 4) is 16.9 Å². The fourth-order valence-corrected chi connectivity index (χ4v) is 4.09. The molecule has 3 aromatic rings. The summed E-state index contributed by atoms with van der Waals surface area (Å²) in [5.41, 5.74) is 3.80. The van der Waals surface area contributed by atoms with Crippen LogP contribution in [0.25, 0.3) is 11.1 Å². The van der Waals surface area contributed by atoms with Crippen LogP contribution < -0.4 is 9.64 Å². The number of anilines is 1. The fourth-order valence-electron chi connectivity index (χ4n) is 4.09. The number of aryl methyl sites for hydroxylation is 1. The van der Waals surface area contributed by atoms with Crippen molar-refractivity contribution in [2.45, 2.75) is 25.2 Å². The molecule has 1 aromatic carbocycles. The summed E-state index contributed by atoms with van der Waals surface area (Å²) in [6.45, 7) is 1.37. The molecule has 166 valence electrons. The summed E-state index contributed by atoms with van der Waals surface area (Å²) in [7, 11) is 5.50. The number of rotatable bonds is 7. The monoisotopic (exact) mass is 432 g/mol. The van der Waals surface area contributed by atoms with Crippen molar-refractivity contribution < 1.29 is 9.53 Å². The number of amides is 1. The molecule has 32 heavy (non-hydrogen) atoms. The van der Waals surface area contributed by atoms with E-state index < -0.39 is 0 Å². The first-order valence-electron chi connectivity index (χ1n) is 10.8. The minimum absolute atomic E-state index is 0.141. The Morgan fingerprint density at radius 1 is 1.19 bits per heavy atom. The molecule has 0 N–H and O–H groups in total. The van der Waals surface area contributed by atoms with E-state index in [2.05, 4.69) is 15.0 Å². The molecule has 0 radical (unpaired) electrons. The number of methoxy groups -OCH3 is 1. The zero-order valence-electron chi connectivity index (χ0n) is 18.7.